The highest BCUT2D eigenvalue weighted by molar-refractivity contribution is 5.80. The predicted molar refractivity (Wildman–Crippen MR) is 104 cm³/mol. The molecule has 1 fully saturated rings. The van der Waals surface area contributed by atoms with E-state index in [0.717, 1.165) is 29.7 Å². The fourth-order valence-corrected chi connectivity index (χ4v) is 3.42. The number of guanidine groups is 1. The molecule has 0 saturated carbocycles. The van der Waals surface area contributed by atoms with Crippen LogP contribution in [0, 0.1) is 0 Å². The summed E-state index contributed by atoms with van der Waals surface area (Å²) in [5.74, 6) is 1.60. The van der Waals surface area contributed by atoms with Gasteiger partial charge in [0.15, 0.2) is 5.96 Å². The maximum atomic E-state index is 12.5. The van der Waals surface area contributed by atoms with Crippen molar-refractivity contribution in [1.82, 2.24) is 25.5 Å². The van der Waals surface area contributed by atoms with Gasteiger partial charge in [-0.05, 0) is 31.9 Å². The summed E-state index contributed by atoms with van der Waals surface area (Å²) in [5, 5.41) is 6.43. The van der Waals surface area contributed by atoms with Crippen LogP contribution in [0.3, 0.4) is 0 Å². The smallest absolute Gasteiger partial charge is 0.357 e. The third-order valence-corrected chi connectivity index (χ3v) is 4.64. The van der Waals surface area contributed by atoms with E-state index in [2.05, 4.69) is 25.6 Å². The van der Waals surface area contributed by atoms with Crippen LogP contribution in [0.5, 0.6) is 0 Å². The van der Waals surface area contributed by atoms with Crippen molar-refractivity contribution in [3.63, 3.8) is 0 Å². The Morgan fingerprint density at radius 1 is 1.36 bits per heavy atom. The summed E-state index contributed by atoms with van der Waals surface area (Å²) in [6.45, 7) is 3.26. The van der Waals surface area contributed by atoms with E-state index in [0.29, 0.717) is 38.6 Å². The van der Waals surface area contributed by atoms with E-state index in [4.69, 9.17) is 0 Å². The molecule has 0 bridgehead atoms. The highest BCUT2D eigenvalue weighted by atomic mass is 19.4. The molecule has 3 N–H and O–H groups in total. The molecule has 6 nitrogen and oxygen atoms in total. The highest BCUT2D eigenvalue weighted by Crippen LogP contribution is 2.20. The highest BCUT2D eigenvalue weighted by Gasteiger charge is 2.34. The molecule has 2 heterocycles. The van der Waals surface area contributed by atoms with Crippen LogP contribution in [0.2, 0.25) is 0 Å². The number of H-pyrrole nitrogens is 1. The number of nitrogens with one attached hydrogen (secondary N) is 3. The number of fused-ring (bicyclic) bond motifs is 1. The van der Waals surface area contributed by atoms with Crippen molar-refractivity contribution in [2.24, 2.45) is 4.99 Å². The first-order valence-corrected chi connectivity index (χ1v) is 9.70. The van der Waals surface area contributed by atoms with Crippen LogP contribution in [0.15, 0.2) is 29.3 Å². The van der Waals surface area contributed by atoms with Gasteiger partial charge in [0, 0.05) is 38.6 Å². The van der Waals surface area contributed by atoms with E-state index in [-0.39, 0.29) is 6.04 Å². The average molecular weight is 396 g/mol. The van der Waals surface area contributed by atoms with Gasteiger partial charge in [-0.1, -0.05) is 12.1 Å². The van der Waals surface area contributed by atoms with Gasteiger partial charge in [-0.25, -0.2) is 4.98 Å². The van der Waals surface area contributed by atoms with Crippen molar-refractivity contribution in [1.29, 1.82) is 0 Å². The first kappa shape index (κ1) is 20.4. The molecule has 28 heavy (non-hydrogen) atoms. The number of nitrogens with zero attached hydrogens (tertiary/aromatic N) is 3. The number of halogens is 3. The average Bonchev–Trinajstić information content (AvgIpc) is 3.23. The number of alkyl halides is 3. The Morgan fingerprint density at radius 2 is 2.18 bits per heavy atom. The van der Waals surface area contributed by atoms with Crippen molar-refractivity contribution in [3.8, 4) is 0 Å². The third kappa shape index (κ3) is 6.12. The largest absolute Gasteiger partial charge is 0.401 e. The van der Waals surface area contributed by atoms with Crippen molar-refractivity contribution in [3.05, 3.63) is 30.1 Å². The van der Waals surface area contributed by atoms with Gasteiger partial charge in [0.05, 0.1) is 17.6 Å². The van der Waals surface area contributed by atoms with E-state index in [1.54, 1.807) is 0 Å². The molecule has 0 aliphatic carbocycles. The monoisotopic (exact) mass is 396 g/mol. The van der Waals surface area contributed by atoms with Gasteiger partial charge >= 0.3 is 6.18 Å². The summed E-state index contributed by atoms with van der Waals surface area (Å²) in [7, 11) is 0. The van der Waals surface area contributed by atoms with Crippen LogP contribution in [0.25, 0.3) is 11.0 Å². The van der Waals surface area contributed by atoms with Gasteiger partial charge < -0.3 is 15.6 Å². The zero-order valence-electron chi connectivity index (χ0n) is 16.0. The van der Waals surface area contributed by atoms with Crippen LogP contribution >= 0.6 is 0 Å². The number of para-hydroxylation sites is 2. The first-order valence-electron chi connectivity index (χ1n) is 9.70. The van der Waals surface area contributed by atoms with Crippen molar-refractivity contribution in [2.45, 2.75) is 38.4 Å². The summed E-state index contributed by atoms with van der Waals surface area (Å²) in [5.41, 5.74) is 1.99. The van der Waals surface area contributed by atoms with Crippen molar-refractivity contribution >= 4 is 17.0 Å². The first-order chi connectivity index (χ1) is 13.4. The number of aliphatic imine (C=N–C) groups is 1. The molecule has 2 aromatic rings. The van der Waals surface area contributed by atoms with Gasteiger partial charge in [-0.2, -0.15) is 13.2 Å². The molecule has 0 amide bonds. The van der Waals surface area contributed by atoms with Crippen LogP contribution < -0.4 is 10.6 Å². The lowest BCUT2D eigenvalue weighted by Gasteiger charge is -2.19. The molecular weight excluding hydrogens is 369 g/mol. The lowest BCUT2D eigenvalue weighted by Crippen LogP contribution is -2.45. The summed E-state index contributed by atoms with van der Waals surface area (Å²) in [6.07, 6.45) is -1.84. The van der Waals surface area contributed by atoms with Crippen LogP contribution in [0.4, 0.5) is 13.2 Å². The number of aromatic nitrogens is 2. The van der Waals surface area contributed by atoms with Crippen LogP contribution in [-0.4, -0.2) is 65.8 Å². The molecule has 1 aliphatic heterocycles. The van der Waals surface area contributed by atoms with E-state index in [1.165, 1.54) is 4.90 Å². The number of aryl methyl sites for hydroxylation is 1. The van der Waals surface area contributed by atoms with Gasteiger partial charge in [0.25, 0.3) is 0 Å². The summed E-state index contributed by atoms with van der Waals surface area (Å²) in [6, 6.07) is 7.90. The molecule has 1 atom stereocenters. The number of aromatic amines is 1. The second-order valence-corrected chi connectivity index (χ2v) is 7.05. The SMILES string of the molecule is CCNC(=NCCCc1nc2ccccc2[nH]1)NC1CCN(CC(F)(F)F)C1. The van der Waals surface area contributed by atoms with E-state index in [9.17, 15) is 13.2 Å². The Morgan fingerprint density at radius 3 is 2.93 bits per heavy atom. The molecule has 0 spiro atoms. The molecule has 0 radical (unpaired) electrons. The second-order valence-electron chi connectivity index (χ2n) is 7.05. The minimum absolute atomic E-state index is 0.0180. The molecule has 154 valence electrons. The summed E-state index contributed by atoms with van der Waals surface area (Å²) < 4.78 is 37.6. The molecule has 1 aromatic heterocycles. The summed E-state index contributed by atoms with van der Waals surface area (Å²) >= 11 is 0. The van der Waals surface area contributed by atoms with Crippen molar-refractivity contribution in [2.75, 3.05) is 32.7 Å². The molecule has 1 aromatic carbocycles. The number of hydrogen-bond acceptors (Lipinski definition) is 3. The molecule has 9 heteroatoms. The van der Waals surface area contributed by atoms with Gasteiger partial charge in [0.1, 0.15) is 5.82 Å². The minimum Gasteiger partial charge on any atom is -0.357 e. The maximum Gasteiger partial charge on any atom is 0.401 e. The minimum atomic E-state index is -4.15. The Kier molecular flexibility index (Phi) is 6.77. The fourth-order valence-electron chi connectivity index (χ4n) is 3.42. The number of likely N-dealkylation sites (tertiary alicyclic amines) is 1. The Balaban J connectivity index is 1.46. The topological polar surface area (TPSA) is 68.3 Å². The second kappa shape index (κ2) is 9.27. The third-order valence-electron chi connectivity index (χ3n) is 4.64. The maximum absolute atomic E-state index is 12.5. The zero-order valence-corrected chi connectivity index (χ0v) is 16.0. The van der Waals surface area contributed by atoms with Crippen molar-refractivity contribution < 1.29 is 13.2 Å². The summed E-state index contributed by atoms with van der Waals surface area (Å²) in [4.78, 5) is 13.8. The zero-order chi connectivity index (χ0) is 20.0. The van der Waals surface area contributed by atoms with E-state index >= 15 is 0 Å². The van der Waals surface area contributed by atoms with Crippen LogP contribution in [-0.2, 0) is 6.42 Å². The van der Waals surface area contributed by atoms with Crippen LogP contribution in [0.1, 0.15) is 25.6 Å². The molecule has 1 aliphatic rings. The fraction of sp³-hybridized carbons (Fsp3) is 0.579. The van der Waals surface area contributed by atoms with E-state index in [1.807, 2.05) is 31.2 Å². The molecule has 1 saturated heterocycles. The van der Waals surface area contributed by atoms with Gasteiger partial charge in [-0.3, -0.25) is 9.89 Å². The Bertz CT molecular complexity index is 752. The molecule has 1 unspecified atom stereocenters. The van der Waals surface area contributed by atoms with E-state index < -0.39 is 12.7 Å². The number of benzene rings is 1. The number of hydrogen-bond donors (Lipinski definition) is 3. The Labute approximate surface area is 162 Å². The number of rotatable bonds is 7. The molecule has 3 rings (SSSR count). The lowest BCUT2D eigenvalue weighted by atomic mass is 10.3. The lowest BCUT2D eigenvalue weighted by molar-refractivity contribution is -0.143. The Hall–Kier alpha value is -2.29. The number of imidazole rings is 1. The molecular formula is C19H27F3N6. The quantitative estimate of drug-likeness (QED) is 0.382. The normalized spacial score (nSPS) is 18.7. The van der Waals surface area contributed by atoms with Gasteiger partial charge in [0.2, 0.25) is 0 Å². The standard InChI is InChI=1S/C19H27F3N6/c1-2-23-18(25-14-9-11-28(12-14)13-19(20,21)22)24-10-5-8-17-26-15-6-3-4-7-16(15)27-17/h3-4,6-7,14H,2,5,8-13H2,1H3,(H,26,27)(H2,23,24,25). The van der Waals surface area contributed by atoms with Gasteiger partial charge in [-0.15, -0.1) is 0 Å². The predicted octanol–water partition coefficient (Wildman–Crippen LogP) is 2.69.